The van der Waals surface area contributed by atoms with Crippen molar-refractivity contribution in [3.8, 4) is 16.9 Å². The SMILES string of the molecule is COc1ccc([C@H]2CC[C@H](CN(C(=O)C3CCCCC3)c3cccc(-c4cnn(C5CC5)c4)c3)CC2)cc1Cl. The summed E-state index contributed by atoms with van der Waals surface area (Å²) in [7, 11) is 1.66. The fraction of sp³-hybridized carbons (Fsp3) is 0.515. The Balaban J connectivity index is 1.19. The van der Waals surface area contributed by atoms with E-state index in [1.165, 1.54) is 37.7 Å². The molecule has 5 nitrogen and oxygen atoms in total. The minimum absolute atomic E-state index is 0.151. The largest absolute Gasteiger partial charge is 0.495 e. The number of methoxy groups -OCH3 is 1. The number of nitrogens with zero attached hydrogens (tertiary/aromatic N) is 3. The van der Waals surface area contributed by atoms with Crippen molar-refractivity contribution in [3.05, 3.63) is 65.4 Å². The molecule has 0 N–H and O–H groups in total. The summed E-state index contributed by atoms with van der Waals surface area (Å²) in [6.45, 7) is 0.802. The Morgan fingerprint density at radius 2 is 1.77 bits per heavy atom. The van der Waals surface area contributed by atoms with E-state index >= 15 is 0 Å². The van der Waals surface area contributed by atoms with Gasteiger partial charge in [0, 0.05) is 29.9 Å². The summed E-state index contributed by atoms with van der Waals surface area (Å²) in [5.74, 6) is 2.22. The predicted molar refractivity (Wildman–Crippen MR) is 158 cm³/mol. The number of hydrogen-bond donors (Lipinski definition) is 0. The average Bonchev–Trinajstić information content (AvgIpc) is 3.72. The number of anilines is 1. The summed E-state index contributed by atoms with van der Waals surface area (Å²) in [6.07, 6.45) is 16.7. The van der Waals surface area contributed by atoms with Crippen LogP contribution in [0.25, 0.3) is 11.1 Å². The maximum absolute atomic E-state index is 14.0. The van der Waals surface area contributed by atoms with Crippen molar-refractivity contribution in [2.75, 3.05) is 18.6 Å². The minimum Gasteiger partial charge on any atom is -0.495 e. The van der Waals surface area contributed by atoms with Crippen molar-refractivity contribution in [2.45, 2.75) is 82.6 Å². The average molecular weight is 546 g/mol. The lowest BCUT2D eigenvalue weighted by Gasteiger charge is -2.35. The van der Waals surface area contributed by atoms with Gasteiger partial charge in [0.15, 0.2) is 0 Å². The van der Waals surface area contributed by atoms with Crippen LogP contribution in [0.5, 0.6) is 5.75 Å². The number of carbonyl (C=O) groups is 1. The third kappa shape index (κ3) is 6.04. The molecule has 6 rings (SSSR count). The summed E-state index contributed by atoms with van der Waals surface area (Å²) >= 11 is 6.43. The highest BCUT2D eigenvalue weighted by atomic mass is 35.5. The summed E-state index contributed by atoms with van der Waals surface area (Å²) in [6, 6.07) is 15.4. The monoisotopic (exact) mass is 545 g/mol. The molecule has 1 aromatic heterocycles. The van der Waals surface area contributed by atoms with Gasteiger partial charge in [-0.1, -0.05) is 49.1 Å². The van der Waals surface area contributed by atoms with Crippen LogP contribution in [-0.2, 0) is 4.79 Å². The van der Waals surface area contributed by atoms with E-state index in [0.29, 0.717) is 28.8 Å². The molecular formula is C33H40ClN3O2. The van der Waals surface area contributed by atoms with Crippen LogP contribution >= 0.6 is 11.6 Å². The quantitative estimate of drug-likeness (QED) is 0.285. The zero-order chi connectivity index (χ0) is 26.8. The second-order valence-corrected chi connectivity index (χ2v) is 12.3. The van der Waals surface area contributed by atoms with Crippen molar-refractivity contribution >= 4 is 23.2 Å². The van der Waals surface area contributed by atoms with Gasteiger partial charge in [0.2, 0.25) is 5.91 Å². The van der Waals surface area contributed by atoms with Gasteiger partial charge in [0.1, 0.15) is 5.75 Å². The van der Waals surface area contributed by atoms with E-state index in [1.807, 2.05) is 12.3 Å². The maximum atomic E-state index is 14.0. The van der Waals surface area contributed by atoms with E-state index in [2.05, 4.69) is 57.3 Å². The van der Waals surface area contributed by atoms with E-state index in [9.17, 15) is 4.79 Å². The van der Waals surface area contributed by atoms with Gasteiger partial charge in [-0.25, -0.2) is 0 Å². The molecule has 0 aliphatic heterocycles. The van der Waals surface area contributed by atoms with Gasteiger partial charge in [0.05, 0.1) is 24.4 Å². The Kier molecular flexibility index (Phi) is 7.97. The number of ether oxygens (including phenoxy) is 1. The van der Waals surface area contributed by atoms with E-state index < -0.39 is 0 Å². The molecule has 0 unspecified atom stereocenters. The molecule has 1 heterocycles. The Bertz CT molecular complexity index is 1290. The highest BCUT2D eigenvalue weighted by Gasteiger charge is 2.31. The molecule has 3 fully saturated rings. The first kappa shape index (κ1) is 26.4. The van der Waals surface area contributed by atoms with Gasteiger partial charge in [-0.3, -0.25) is 9.48 Å². The normalized spacial score (nSPS) is 22.0. The van der Waals surface area contributed by atoms with Crippen molar-refractivity contribution in [2.24, 2.45) is 11.8 Å². The Morgan fingerprint density at radius 1 is 0.974 bits per heavy atom. The molecule has 39 heavy (non-hydrogen) atoms. The van der Waals surface area contributed by atoms with Gasteiger partial charge < -0.3 is 9.64 Å². The molecule has 0 spiro atoms. The number of carbonyl (C=O) groups excluding carboxylic acids is 1. The van der Waals surface area contributed by atoms with Gasteiger partial charge >= 0.3 is 0 Å². The van der Waals surface area contributed by atoms with Crippen LogP contribution < -0.4 is 9.64 Å². The second kappa shape index (κ2) is 11.8. The molecule has 0 saturated heterocycles. The first-order valence-electron chi connectivity index (χ1n) is 14.9. The van der Waals surface area contributed by atoms with Crippen LogP contribution in [0, 0.1) is 11.8 Å². The first-order chi connectivity index (χ1) is 19.1. The molecule has 3 aliphatic rings. The van der Waals surface area contributed by atoms with E-state index in [1.54, 1.807) is 7.11 Å². The Hall–Kier alpha value is -2.79. The minimum atomic E-state index is 0.151. The number of halogens is 1. The molecule has 0 bridgehead atoms. The standard InChI is InChI=1S/C33H40ClN3O2/c1-39-32-17-14-27(19-31(32)34)24-12-10-23(11-13-24)21-36(33(38)25-6-3-2-4-7-25)30-9-5-8-26(18-30)28-20-35-37(22-28)29-15-16-29/h5,8-9,14,17-20,22-25,29H,2-4,6-7,10-13,15-16,21H2,1H3/t23-,24-. The van der Waals surface area contributed by atoms with Crippen LogP contribution in [0.3, 0.4) is 0 Å². The molecule has 6 heteroatoms. The summed E-state index contributed by atoms with van der Waals surface area (Å²) in [4.78, 5) is 16.1. The first-order valence-corrected chi connectivity index (χ1v) is 15.3. The molecule has 0 atom stereocenters. The molecule has 3 saturated carbocycles. The molecular weight excluding hydrogens is 506 g/mol. The lowest BCUT2D eigenvalue weighted by molar-refractivity contribution is -0.123. The number of amides is 1. The van der Waals surface area contributed by atoms with Gasteiger partial charge in [-0.2, -0.15) is 5.10 Å². The lowest BCUT2D eigenvalue weighted by atomic mass is 9.78. The Morgan fingerprint density at radius 3 is 2.49 bits per heavy atom. The topological polar surface area (TPSA) is 47.4 Å². The van der Waals surface area contributed by atoms with Gasteiger partial charge in [0.25, 0.3) is 0 Å². The summed E-state index contributed by atoms with van der Waals surface area (Å²) < 4.78 is 7.44. The summed E-state index contributed by atoms with van der Waals surface area (Å²) in [5.41, 5.74) is 4.61. The van der Waals surface area contributed by atoms with E-state index in [4.69, 9.17) is 16.3 Å². The van der Waals surface area contributed by atoms with Crippen LogP contribution in [0.2, 0.25) is 5.02 Å². The highest BCUT2D eigenvalue weighted by Crippen LogP contribution is 2.40. The maximum Gasteiger partial charge on any atom is 0.230 e. The zero-order valence-electron chi connectivity index (χ0n) is 23.0. The second-order valence-electron chi connectivity index (χ2n) is 11.9. The van der Waals surface area contributed by atoms with Crippen LogP contribution in [-0.4, -0.2) is 29.3 Å². The van der Waals surface area contributed by atoms with Crippen molar-refractivity contribution in [3.63, 3.8) is 0 Å². The highest BCUT2D eigenvalue weighted by molar-refractivity contribution is 6.32. The van der Waals surface area contributed by atoms with Gasteiger partial charge in [-0.15, -0.1) is 0 Å². The van der Waals surface area contributed by atoms with Crippen molar-refractivity contribution < 1.29 is 9.53 Å². The van der Waals surface area contributed by atoms with Crippen LogP contribution in [0.4, 0.5) is 5.69 Å². The van der Waals surface area contributed by atoms with Crippen LogP contribution in [0.1, 0.15) is 88.2 Å². The summed E-state index contributed by atoms with van der Waals surface area (Å²) in [5, 5.41) is 5.28. The predicted octanol–water partition coefficient (Wildman–Crippen LogP) is 8.43. The zero-order valence-corrected chi connectivity index (χ0v) is 23.8. The Labute approximate surface area is 237 Å². The number of rotatable bonds is 8. The fourth-order valence-corrected chi connectivity index (χ4v) is 6.91. The van der Waals surface area contributed by atoms with Gasteiger partial charge in [-0.05, 0) is 98.6 Å². The molecule has 1 amide bonds. The van der Waals surface area contributed by atoms with Crippen LogP contribution in [0.15, 0.2) is 54.9 Å². The van der Waals surface area contributed by atoms with E-state index in [0.717, 1.165) is 67.6 Å². The smallest absolute Gasteiger partial charge is 0.230 e. The number of benzene rings is 2. The fourth-order valence-electron chi connectivity index (χ4n) is 6.64. The molecule has 206 valence electrons. The number of hydrogen-bond acceptors (Lipinski definition) is 3. The molecule has 0 radical (unpaired) electrons. The molecule has 2 aromatic carbocycles. The third-order valence-electron chi connectivity index (χ3n) is 9.17. The van der Waals surface area contributed by atoms with E-state index in [-0.39, 0.29) is 5.92 Å². The van der Waals surface area contributed by atoms with Crippen molar-refractivity contribution in [1.29, 1.82) is 0 Å². The number of aromatic nitrogens is 2. The third-order valence-corrected chi connectivity index (χ3v) is 9.46. The van der Waals surface area contributed by atoms with Crippen molar-refractivity contribution in [1.82, 2.24) is 9.78 Å². The molecule has 3 aromatic rings. The lowest BCUT2D eigenvalue weighted by Crippen LogP contribution is -2.41. The molecule has 3 aliphatic carbocycles.